The molecule has 0 atom stereocenters. The summed E-state index contributed by atoms with van der Waals surface area (Å²) in [5.74, 6) is -0.220. The summed E-state index contributed by atoms with van der Waals surface area (Å²) in [7, 11) is 3.92. The molecule has 0 heterocycles. The first-order valence-corrected chi connectivity index (χ1v) is 7.50. The Morgan fingerprint density at radius 1 is 1.19 bits per heavy atom. The van der Waals surface area contributed by atoms with Crippen molar-refractivity contribution in [1.29, 1.82) is 0 Å². The highest BCUT2D eigenvalue weighted by Crippen LogP contribution is 2.12. The predicted octanol–water partition coefficient (Wildman–Crippen LogP) is 3.12. The fourth-order valence-corrected chi connectivity index (χ4v) is 2.30. The molecule has 1 amide bonds. The van der Waals surface area contributed by atoms with Crippen molar-refractivity contribution in [2.45, 2.75) is 0 Å². The third-order valence-electron chi connectivity index (χ3n) is 2.87. The van der Waals surface area contributed by atoms with Gasteiger partial charge in [-0.1, -0.05) is 12.1 Å². The van der Waals surface area contributed by atoms with Crippen molar-refractivity contribution in [3.8, 4) is 0 Å². The molecule has 0 spiro atoms. The Morgan fingerprint density at radius 2 is 1.90 bits per heavy atom. The molecule has 0 bridgehead atoms. The largest absolute Gasteiger partial charge is 0.378 e. The molecule has 2 aromatic rings. The van der Waals surface area contributed by atoms with E-state index in [1.807, 2.05) is 55.4 Å². The summed E-state index contributed by atoms with van der Waals surface area (Å²) in [5.41, 5.74) is 5.11. The Morgan fingerprint density at radius 3 is 2.52 bits per heavy atom. The Hall–Kier alpha value is -1.89. The van der Waals surface area contributed by atoms with E-state index >= 15 is 0 Å². The number of carbonyl (C=O) groups excluding carboxylic acids is 1. The average molecular weight is 393 g/mol. The number of benzene rings is 2. The highest BCUT2D eigenvalue weighted by Gasteiger charge is 2.04. The standard InChI is InChI=1S/C16H16IN3O/c1-20(2)15-8-6-13(7-9-15)16(21)19-18-11-12-4-3-5-14(17)10-12/h3-11H,1-2H3,(H,19,21)/b18-11+. The van der Waals surface area contributed by atoms with E-state index < -0.39 is 0 Å². The lowest BCUT2D eigenvalue weighted by Crippen LogP contribution is -2.17. The summed E-state index contributed by atoms with van der Waals surface area (Å²) >= 11 is 2.24. The number of halogens is 1. The van der Waals surface area contributed by atoms with E-state index in [1.54, 1.807) is 18.3 Å². The maximum atomic E-state index is 11.9. The van der Waals surface area contributed by atoms with Gasteiger partial charge in [-0.15, -0.1) is 0 Å². The number of rotatable bonds is 4. The summed E-state index contributed by atoms with van der Waals surface area (Å²) in [4.78, 5) is 13.9. The van der Waals surface area contributed by atoms with Crippen LogP contribution in [0.25, 0.3) is 0 Å². The van der Waals surface area contributed by atoms with Crippen LogP contribution in [-0.2, 0) is 0 Å². The molecule has 0 aromatic heterocycles. The molecule has 5 heteroatoms. The first-order chi connectivity index (χ1) is 10.1. The van der Waals surface area contributed by atoms with Crippen molar-refractivity contribution in [2.24, 2.45) is 5.10 Å². The zero-order chi connectivity index (χ0) is 15.2. The van der Waals surface area contributed by atoms with Gasteiger partial charge in [0.2, 0.25) is 0 Å². The first-order valence-electron chi connectivity index (χ1n) is 6.42. The molecule has 0 aliphatic heterocycles. The minimum absolute atomic E-state index is 0.220. The number of anilines is 1. The Kier molecular flexibility index (Phi) is 5.32. The van der Waals surface area contributed by atoms with E-state index in [0.29, 0.717) is 5.56 Å². The number of nitrogens with one attached hydrogen (secondary N) is 1. The minimum Gasteiger partial charge on any atom is -0.378 e. The van der Waals surface area contributed by atoms with Crippen LogP contribution in [0, 0.1) is 3.57 Å². The predicted molar refractivity (Wildman–Crippen MR) is 95.0 cm³/mol. The lowest BCUT2D eigenvalue weighted by atomic mass is 10.2. The maximum absolute atomic E-state index is 11.9. The van der Waals surface area contributed by atoms with Crippen LogP contribution >= 0.6 is 22.6 Å². The summed E-state index contributed by atoms with van der Waals surface area (Å²) in [6.45, 7) is 0. The summed E-state index contributed by atoms with van der Waals surface area (Å²) in [5, 5.41) is 3.98. The Bertz CT molecular complexity index is 651. The molecule has 1 N–H and O–H groups in total. The van der Waals surface area contributed by atoms with Crippen LogP contribution in [0.4, 0.5) is 5.69 Å². The molecule has 4 nitrogen and oxygen atoms in total. The number of hydrazone groups is 1. The molecular formula is C16H16IN3O. The number of hydrogen-bond acceptors (Lipinski definition) is 3. The molecule has 0 radical (unpaired) electrons. The summed E-state index contributed by atoms with van der Waals surface area (Å²) in [6.07, 6.45) is 1.63. The molecule has 0 saturated carbocycles. The van der Waals surface area contributed by atoms with E-state index in [2.05, 4.69) is 33.1 Å². The van der Waals surface area contributed by atoms with Gasteiger partial charge in [0.25, 0.3) is 5.91 Å². The van der Waals surface area contributed by atoms with Crippen molar-refractivity contribution in [3.63, 3.8) is 0 Å². The highest BCUT2D eigenvalue weighted by molar-refractivity contribution is 14.1. The van der Waals surface area contributed by atoms with Crippen LogP contribution in [-0.4, -0.2) is 26.2 Å². The van der Waals surface area contributed by atoms with E-state index in [1.165, 1.54) is 0 Å². The van der Waals surface area contributed by atoms with Crippen LogP contribution in [0.2, 0.25) is 0 Å². The molecule has 2 aromatic carbocycles. The highest BCUT2D eigenvalue weighted by atomic mass is 127. The minimum atomic E-state index is -0.220. The Balaban J connectivity index is 1.98. The van der Waals surface area contributed by atoms with Crippen LogP contribution in [0.1, 0.15) is 15.9 Å². The van der Waals surface area contributed by atoms with Crippen LogP contribution in [0.3, 0.4) is 0 Å². The third kappa shape index (κ3) is 4.56. The first kappa shape index (κ1) is 15.5. The fourth-order valence-electron chi connectivity index (χ4n) is 1.73. The molecule has 0 unspecified atom stereocenters. The van der Waals surface area contributed by atoms with Crippen molar-refractivity contribution in [1.82, 2.24) is 5.43 Å². The van der Waals surface area contributed by atoms with Crippen LogP contribution < -0.4 is 10.3 Å². The van der Waals surface area contributed by atoms with Gasteiger partial charge in [-0.05, 0) is 64.6 Å². The number of amides is 1. The van der Waals surface area contributed by atoms with E-state index in [9.17, 15) is 4.79 Å². The van der Waals surface area contributed by atoms with Crippen molar-refractivity contribution in [2.75, 3.05) is 19.0 Å². The second kappa shape index (κ2) is 7.21. The van der Waals surface area contributed by atoms with Crippen molar-refractivity contribution >= 4 is 40.4 Å². The zero-order valence-electron chi connectivity index (χ0n) is 11.9. The quantitative estimate of drug-likeness (QED) is 0.493. The van der Waals surface area contributed by atoms with E-state index in [0.717, 1.165) is 14.8 Å². The number of hydrogen-bond donors (Lipinski definition) is 1. The lowest BCUT2D eigenvalue weighted by molar-refractivity contribution is 0.0955. The molecule has 108 valence electrons. The molecule has 0 aliphatic rings. The van der Waals surface area contributed by atoms with Crippen molar-refractivity contribution in [3.05, 3.63) is 63.2 Å². The van der Waals surface area contributed by atoms with Gasteiger partial charge < -0.3 is 4.90 Å². The van der Waals surface area contributed by atoms with Gasteiger partial charge in [0, 0.05) is 28.9 Å². The number of nitrogens with zero attached hydrogens (tertiary/aromatic N) is 2. The smallest absolute Gasteiger partial charge is 0.271 e. The second-order valence-electron chi connectivity index (χ2n) is 4.70. The molecule has 0 aliphatic carbocycles. The molecular weight excluding hydrogens is 377 g/mol. The monoisotopic (exact) mass is 393 g/mol. The van der Waals surface area contributed by atoms with Gasteiger partial charge in [0.05, 0.1) is 6.21 Å². The normalized spacial score (nSPS) is 10.6. The number of carbonyl (C=O) groups is 1. The molecule has 2 rings (SSSR count). The third-order valence-corrected chi connectivity index (χ3v) is 3.55. The second-order valence-corrected chi connectivity index (χ2v) is 5.94. The SMILES string of the molecule is CN(C)c1ccc(C(=O)N/N=C/c2cccc(I)c2)cc1. The Labute approximate surface area is 138 Å². The maximum Gasteiger partial charge on any atom is 0.271 e. The fraction of sp³-hybridized carbons (Fsp3) is 0.125. The van der Waals surface area contributed by atoms with E-state index in [-0.39, 0.29) is 5.91 Å². The van der Waals surface area contributed by atoms with Crippen LogP contribution in [0.15, 0.2) is 53.6 Å². The molecule has 21 heavy (non-hydrogen) atoms. The summed E-state index contributed by atoms with van der Waals surface area (Å²) < 4.78 is 1.13. The van der Waals surface area contributed by atoms with Crippen molar-refractivity contribution < 1.29 is 4.79 Å². The topological polar surface area (TPSA) is 44.7 Å². The zero-order valence-corrected chi connectivity index (χ0v) is 14.0. The van der Waals surface area contributed by atoms with Gasteiger partial charge in [-0.2, -0.15) is 5.10 Å². The van der Waals surface area contributed by atoms with Gasteiger partial charge in [0.1, 0.15) is 0 Å². The van der Waals surface area contributed by atoms with Gasteiger partial charge >= 0.3 is 0 Å². The molecule has 0 saturated heterocycles. The molecule has 0 fully saturated rings. The van der Waals surface area contributed by atoms with E-state index in [4.69, 9.17) is 0 Å². The summed E-state index contributed by atoms with van der Waals surface area (Å²) in [6, 6.07) is 15.2. The van der Waals surface area contributed by atoms with Gasteiger partial charge in [-0.25, -0.2) is 5.43 Å². The van der Waals surface area contributed by atoms with Gasteiger partial charge in [-0.3, -0.25) is 4.79 Å². The average Bonchev–Trinajstić information content (AvgIpc) is 2.47. The van der Waals surface area contributed by atoms with Gasteiger partial charge in [0.15, 0.2) is 0 Å². The van der Waals surface area contributed by atoms with Crippen LogP contribution in [0.5, 0.6) is 0 Å². The lowest BCUT2D eigenvalue weighted by Gasteiger charge is -2.12.